The predicted octanol–water partition coefficient (Wildman–Crippen LogP) is 2.36. The Kier molecular flexibility index (Phi) is 12.0. The van der Waals surface area contributed by atoms with E-state index in [-0.39, 0.29) is 28.4 Å². The highest BCUT2D eigenvalue weighted by Gasteiger charge is 2.73. The second-order valence-corrected chi connectivity index (χ2v) is 20.1. The van der Waals surface area contributed by atoms with Crippen molar-refractivity contribution in [3.05, 3.63) is 11.6 Å². The molecule has 0 unspecified atom stereocenters. The molecule has 55 heavy (non-hydrogen) atoms. The lowest BCUT2D eigenvalue weighted by Crippen LogP contribution is -2.67. The first-order valence-corrected chi connectivity index (χ1v) is 20.7. The monoisotopic (exact) mass is 782 g/mol. The number of aliphatic hydroxyl groups is 8. The number of hydrogen-bond acceptors (Lipinski definition) is 13. The molecule has 13 heteroatoms. The summed E-state index contributed by atoms with van der Waals surface area (Å²) in [6, 6.07) is 0. The van der Waals surface area contributed by atoms with Gasteiger partial charge in [0.15, 0.2) is 12.6 Å². The van der Waals surface area contributed by atoms with Gasteiger partial charge in [-0.05, 0) is 106 Å². The van der Waals surface area contributed by atoms with Crippen molar-refractivity contribution in [2.45, 2.75) is 193 Å². The molecule has 0 amide bonds. The van der Waals surface area contributed by atoms with E-state index in [0.29, 0.717) is 32.1 Å². The van der Waals surface area contributed by atoms with Gasteiger partial charge in [-0.3, -0.25) is 4.79 Å². The van der Waals surface area contributed by atoms with E-state index in [9.17, 15) is 45.6 Å². The van der Waals surface area contributed by atoms with E-state index in [2.05, 4.69) is 40.7 Å². The maximum atomic E-state index is 14.6. The number of ketones is 1. The Bertz CT molecular complexity index is 1430. The Balaban J connectivity index is 1.24. The smallest absolute Gasteiger partial charge is 0.187 e. The summed E-state index contributed by atoms with van der Waals surface area (Å²) in [5.74, 6) is -0.727. The summed E-state index contributed by atoms with van der Waals surface area (Å²) in [6.45, 7) is 17.9. The van der Waals surface area contributed by atoms with Crippen LogP contribution in [-0.4, -0.2) is 132 Å². The summed E-state index contributed by atoms with van der Waals surface area (Å²) in [6.07, 6.45) is -8.21. The topological polar surface area (TPSA) is 216 Å². The summed E-state index contributed by atoms with van der Waals surface area (Å²) in [7, 11) is 0. The lowest BCUT2D eigenvalue weighted by Gasteiger charge is -2.69. The molecule has 6 aliphatic rings. The van der Waals surface area contributed by atoms with Crippen LogP contribution in [0.25, 0.3) is 0 Å². The predicted molar refractivity (Wildman–Crippen MR) is 200 cm³/mol. The van der Waals surface area contributed by atoms with E-state index >= 15 is 0 Å². The van der Waals surface area contributed by atoms with Crippen molar-refractivity contribution < 1.29 is 64.6 Å². The summed E-state index contributed by atoms with van der Waals surface area (Å²) in [5.41, 5.74) is -1.57. The number of fused-ring (bicyclic) bond motifs is 5. The Labute approximate surface area is 326 Å². The second kappa shape index (κ2) is 15.2. The van der Waals surface area contributed by atoms with Gasteiger partial charge >= 0.3 is 0 Å². The number of aliphatic hydroxyl groups excluding tert-OH is 7. The third-order valence-electron chi connectivity index (χ3n) is 16.3. The molecule has 6 fully saturated rings. The number of rotatable bonds is 9. The molecule has 0 spiro atoms. The molecule has 4 aliphatic carbocycles. The first kappa shape index (κ1) is 43.5. The van der Waals surface area contributed by atoms with Crippen molar-refractivity contribution in [2.24, 2.45) is 45.3 Å². The molecular formula is C42H70O13. The lowest BCUT2D eigenvalue weighted by atomic mass is 9.35. The van der Waals surface area contributed by atoms with Gasteiger partial charge in [0.05, 0.1) is 30.5 Å². The summed E-state index contributed by atoms with van der Waals surface area (Å²) in [5, 5.41) is 87.1. The Morgan fingerprint density at radius 3 is 2.16 bits per heavy atom. The molecule has 0 aromatic carbocycles. The van der Waals surface area contributed by atoms with Gasteiger partial charge in [-0.25, -0.2) is 0 Å². The Morgan fingerprint density at radius 1 is 0.855 bits per heavy atom. The van der Waals surface area contributed by atoms with Crippen LogP contribution in [0.2, 0.25) is 0 Å². The fourth-order valence-electron chi connectivity index (χ4n) is 13.0. The SMILES string of the molecule is CC(C)=CCC[C@](C)(O)[C@@H]1[C@H]2C(=O)C[C@@H]3[C@@]4(C)CC[C@H](O[C@@H]5O[C@H](CO)[C@@H](O)[C@H](O)[C@H]5O[C@@H]5O[C@@H](C)[C@H](O)[C@@H](O)[C@H]5O)C(C)(C)[C@@H]4CC[C@@]3(C)[C@]2(C)C[C@@H]1O. The molecule has 316 valence electrons. The number of carbonyl (C=O) groups is 1. The molecule has 0 radical (unpaired) electrons. The minimum Gasteiger partial charge on any atom is -0.394 e. The zero-order valence-electron chi connectivity index (χ0n) is 34.3. The zero-order chi connectivity index (χ0) is 40.8. The van der Waals surface area contributed by atoms with E-state index in [4.69, 9.17) is 18.9 Å². The standard InChI is InChI=1S/C42H70O13/c1-20(2)11-10-14-42(9,51)29-23(45)18-41(8)28(29)22(44)17-26-39(6)15-13-27(38(4,5)25(39)12-16-40(26,41)7)54-37-35(33(49)31(47)24(19-43)53-37)55-36-34(50)32(48)30(46)21(3)52-36/h11,21,23-37,43,45-51H,10,12-19H2,1-9H3/t21-,23-,24+,25-,26+,27-,28+,29-,30-,31+,32+,33-,34+,35+,36-,37-,39-,40+,41+,42-/m0/s1. The van der Waals surface area contributed by atoms with Crippen LogP contribution in [0.3, 0.4) is 0 Å². The highest BCUT2D eigenvalue weighted by molar-refractivity contribution is 5.84. The van der Waals surface area contributed by atoms with Gasteiger partial charge in [-0.2, -0.15) is 0 Å². The normalized spacial score (nSPS) is 52.1. The number of hydrogen-bond donors (Lipinski definition) is 8. The molecular weight excluding hydrogens is 712 g/mol. The van der Waals surface area contributed by atoms with Crippen molar-refractivity contribution in [2.75, 3.05) is 6.61 Å². The van der Waals surface area contributed by atoms with Gasteiger partial charge in [-0.15, -0.1) is 0 Å². The molecule has 13 nitrogen and oxygen atoms in total. The number of ether oxygens (including phenoxy) is 4. The molecule has 8 N–H and O–H groups in total. The third kappa shape index (κ3) is 7.01. The molecule has 0 aromatic heterocycles. The summed E-state index contributed by atoms with van der Waals surface area (Å²) < 4.78 is 24.4. The molecule has 20 atom stereocenters. The Hall–Kier alpha value is -1.07. The lowest BCUT2D eigenvalue weighted by molar-refractivity contribution is -0.376. The van der Waals surface area contributed by atoms with Crippen molar-refractivity contribution in [3.63, 3.8) is 0 Å². The zero-order valence-corrected chi connectivity index (χ0v) is 34.3. The molecule has 6 rings (SSSR count). The van der Waals surface area contributed by atoms with Crippen LogP contribution in [0, 0.1) is 45.3 Å². The minimum atomic E-state index is -1.67. The maximum Gasteiger partial charge on any atom is 0.187 e. The summed E-state index contributed by atoms with van der Waals surface area (Å²) >= 11 is 0. The van der Waals surface area contributed by atoms with Crippen LogP contribution in [-0.2, 0) is 23.7 Å². The fraction of sp³-hybridized carbons (Fsp3) is 0.929. The molecule has 2 heterocycles. The van der Waals surface area contributed by atoms with E-state index < -0.39 is 108 Å². The van der Waals surface area contributed by atoms with E-state index in [1.54, 1.807) is 6.92 Å². The molecule has 2 aliphatic heterocycles. The number of Topliss-reactive ketones (excluding diaryl/α,β-unsaturated/α-hetero) is 1. The van der Waals surface area contributed by atoms with Crippen LogP contribution < -0.4 is 0 Å². The molecule has 2 saturated heterocycles. The average molecular weight is 783 g/mol. The third-order valence-corrected chi connectivity index (χ3v) is 16.3. The highest BCUT2D eigenvalue weighted by Crippen LogP contribution is 2.75. The van der Waals surface area contributed by atoms with E-state index in [1.165, 1.54) is 12.5 Å². The number of carbonyl (C=O) groups excluding carboxylic acids is 1. The van der Waals surface area contributed by atoms with Gasteiger partial charge in [0.25, 0.3) is 0 Å². The maximum absolute atomic E-state index is 14.6. The van der Waals surface area contributed by atoms with Gasteiger partial charge in [0, 0.05) is 18.3 Å². The van der Waals surface area contributed by atoms with Crippen LogP contribution in [0.1, 0.15) is 114 Å². The quantitative estimate of drug-likeness (QED) is 0.125. The van der Waals surface area contributed by atoms with Crippen LogP contribution in [0.5, 0.6) is 0 Å². The number of allylic oxidation sites excluding steroid dienone is 2. The van der Waals surface area contributed by atoms with Gasteiger partial charge in [-0.1, -0.05) is 46.3 Å². The van der Waals surface area contributed by atoms with Gasteiger partial charge < -0.3 is 59.8 Å². The van der Waals surface area contributed by atoms with Gasteiger partial charge in [0.2, 0.25) is 0 Å². The van der Waals surface area contributed by atoms with Crippen molar-refractivity contribution in [1.82, 2.24) is 0 Å². The largest absolute Gasteiger partial charge is 0.394 e. The van der Waals surface area contributed by atoms with Crippen LogP contribution >= 0.6 is 0 Å². The van der Waals surface area contributed by atoms with Gasteiger partial charge in [0.1, 0.15) is 48.5 Å². The van der Waals surface area contributed by atoms with Crippen molar-refractivity contribution >= 4 is 5.78 Å². The van der Waals surface area contributed by atoms with E-state index in [0.717, 1.165) is 19.3 Å². The average Bonchev–Trinajstić information content (AvgIpc) is 3.40. The van der Waals surface area contributed by atoms with Crippen LogP contribution in [0.4, 0.5) is 0 Å². The molecule has 0 aromatic rings. The van der Waals surface area contributed by atoms with Crippen LogP contribution in [0.15, 0.2) is 11.6 Å². The Morgan fingerprint density at radius 2 is 1.53 bits per heavy atom. The first-order chi connectivity index (χ1) is 25.5. The van der Waals surface area contributed by atoms with Crippen molar-refractivity contribution in [3.8, 4) is 0 Å². The van der Waals surface area contributed by atoms with E-state index in [1.807, 2.05) is 13.8 Å². The first-order valence-electron chi connectivity index (χ1n) is 20.7. The minimum absolute atomic E-state index is 0.0285. The highest BCUT2D eigenvalue weighted by atomic mass is 16.8. The fourth-order valence-corrected chi connectivity index (χ4v) is 13.0. The second-order valence-electron chi connectivity index (χ2n) is 20.1. The van der Waals surface area contributed by atoms with Crippen molar-refractivity contribution in [1.29, 1.82) is 0 Å². The molecule has 0 bridgehead atoms. The summed E-state index contributed by atoms with van der Waals surface area (Å²) in [4.78, 5) is 14.6. The molecule has 4 saturated carbocycles.